The van der Waals surface area contributed by atoms with E-state index in [0.29, 0.717) is 11.3 Å². The van der Waals surface area contributed by atoms with Gasteiger partial charge in [-0.15, -0.1) is 0 Å². The molecule has 28 heavy (non-hydrogen) atoms. The molecule has 0 fully saturated rings. The summed E-state index contributed by atoms with van der Waals surface area (Å²) in [6.45, 7) is 3.58. The monoisotopic (exact) mass is 386 g/mol. The molecular formula is C20H19FN2O5. The van der Waals surface area contributed by atoms with E-state index in [1.165, 1.54) is 35.0 Å². The summed E-state index contributed by atoms with van der Waals surface area (Å²) in [5.74, 6) is -2.58. The lowest BCUT2D eigenvalue weighted by atomic mass is 10.0. The molecule has 7 nitrogen and oxygen atoms in total. The Labute approximate surface area is 159 Å². The Morgan fingerprint density at radius 1 is 1.18 bits per heavy atom. The Balaban J connectivity index is 1.88. The number of aromatic hydroxyl groups is 2. The number of nitrogens with two attached hydrogens (primary N) is 1. The highest BCUT2D eigenvalue weighted by molar-refractivity contribution is 6.09. The van der Waals surface area contributed by atoms with Gasteiger partial charge in [0.1, 0.15) is 11.6 Å². The summed E-state index contributed by atoms with van der Waals surface area (Å²) in [4.78, 5) is 24.1. The molecule has 8 heteroatoms. The lowest BCUT2D eigenvalue weighted by Crippen LogP contribution is -2.14. The molecule has 3 aromatic rings. The van der Waals surface area contributed by atoms with Crippen LogP contribution < -0.4 is 5.73 Å². The number of furan rings is 1. The van der Waals surface area contributed by atoms with Crippen LogP contribution in [-0.2, 0) is 6.42 Å². The third-order valence-electron chi connectivity index (χ3n) is 4.37. The molecule has 2 heterocycles. The van der Waals surface area contributed by atoms with Crippen molar-refractivity contribution in [2.75, 3.05) is 0 Å². The molecule has 4 N–H and O–H groups in total. The van der Waals surface area contributed by atoms with Crippen LogP contribution in [0, 0.1) is 5.82 Å². The highest BCUT2D eigenvalue weighted by atomic mass is 19.1. The van der Waals surface area contributed by atoms with Gasteiger partial charge in [0.05, 0.1) is 5.56 Å². The van der Waals surface area contributed by atoms with Crippen molar-refractivity contribution < 1.29 is 28.6 Å². The van der Waals surface area contributed by atoms with Gasteiger partial charge in [-0.2, -0.15) is 0 Å². The van der Waals surface area contributed by atoms with Crippen molar-refractivity contribution in [3.8, 4) is 11.6 Å². The number of carbonyl (C=O) groups excluding carboxylic acids is 2. The van der Waals surface area contributed by atoms with Gasteiger partial charge < -0.3 is 24.9 Å². The minimum Gasteiger partial charge on any atom is -0.503 e. The molecule has 1 amide bonds. The molecule has 0 spiro atoms. The summed E-state index contributed by atoms with van der Waals surface area (Å²) < 4.78 is 20.3. The maximum absolute atomic E-state index is 13.4. The summed E-state index contributed by atoms with van der Waals surface area (Å²) >= 11 is 0. The topological polar surface area (TPSA) is 119 Å². The van der Waals surface area contributed by atoms with E-state index in [-0.39, 0.29) is 29.3 Å². The number of ketones is 1. The highest BCUT2D eigenvalue weighted by Gasteiger charge is 2.24. The second-order valence-corrected chi connectivity index (χ2v) is 6.65. The van der Waals surface area contributed by atoms with Crippen molar-refractivity contribution in [1.82, 2.24) is 4.57 Å². The van der Waals surface area contributed by atoms with E-state index in [9.17, 15) is 24.2 Å². The fraction of sp³-hybridized carbons (Fsp3) is 0.200. The highest BCUT2D eigenvalue weighted by Crippen LogP contribution is 2.35. The van der Waals surface area contributed by atoms with Crippen LogP contribution in [-0.4, -0.2) is 26.5 Å². The smallest absolute Gasteiger partial charge is 0.249 e. The molecule has 0 unspecified atom stereocenters. The van der Waals surface area contributed by atoms with Crippen LogP contribution in [0.25, 0.3) is 0 Å². The molecule has 0 aliphatic carbocycles. The van der Waals surface area contributed by atoms with Crippen molar-refractivity contribution in [3.63, 3.8) is 0 Å². The zero-order valence-electron chi connectivity index (χ0n) is 15.3. The largest absolute Gasteiger partial charge is 0.503 e. The maximum Gasteiger partial charge on any atom is 0.249 e. The first kappa shape index (κ1) is 19.2. The summed E-state index contributed by atoms with van der Waals surface area (Å²) in [6, 6.07) is 6.47. The first-order chi connectivity index (χ1) is 13.2. The van der Waals surface area contributed by atoms with E-state index >= 15 is 0 Å². The summed E-state index contributed by atoms with van der Waals surface area (Å²) in [6.07, 6.45) is 1.47. The minimum absolute atomic E-state index is 0.0286. The first-order valence-corrected chi connectivity index (χ1v) is 8.53. The van der Waals surface area contributed by atoms with Gasteiger partial charge in [0.15, 0.2) is 11.5 Å². The predicted molar refractivity (Wildman–Crippen MR) is 98.0 cm³/mol. The van der Waals surface area contributed by atoms with Crippen LogP contribution in [0.15, 0.2) is 40.9 Å². The number of amides is 1. The van der Waals surface area contributed by atoms with Gasteiger partial charge >= 0.3 is 0 Å². The number of hydrogen-bond donors (Lipinski definition) is 3. The quantitative estimate of drug-likeness (QED) is 0.563. The van der Waals surface area contributed by atoms with Crippen LogP contribution in [0.4, 0.5) is 4.39 Å². The fourth-order valence-electron chi connectivity index (χ4n) is 2.91. The second kappa shape index (κ2) is 7.22. The van der Waals surface area contributed by atoms with E-state index in [0.717, 1.165) is 6.07 Å². The number of hydrogen-bond acceptors (Lipinski definition) is 5. The Morgan fingerprint density at radius 2 is 1.89 bits per heavy atom. The van der Waals surface area contributed by atoms with Gasteiger partial charge in [0.25, 0.3) is 0 Å². The van der Waals surface area contributed by atoms with Crippen LogP contribution >= 0.6 is 0 Å². The lowest BCUT2D eigenvalue weighted by Gasteiger charge is -2.07. The van der Waals surface area contributed by atoms with Gasteiger partial charge in [-0.1, -0.05) is 6.07 Å². The Bertz CT molecular complexity index is 1060. The zero-order valence-corrected chi connectivity index (χ0v) is 15.3. The SMILES string of the molecule is CC(C)n1cc(C(=O)c2ccc(Cc3ccc(F)cc3C(N)=O)o2)c(O)c1O. The average Bonchev–Trinajstić information content (AvgIpc) is 3.21. The molecular weight excluding hydrogens is 367 g/mol. The average molecular weight is 386 g/mol. The number of halogens is 1. The summed E-state index contributed by atoms with van der Waals surface area (Å²) in [5.41, 5.74) is 5.67. The van der Waals surface area contributed by atoms with Gasteiger partial charge in [0.2, 0.25) is 17.6 Å². The zero-order chi connectivity index (χ0) is 20.6. The molecule has 0 atom stereocenters. The van der Waals surface area contributed by atoms with E-state index in [2.05, 4.69) is 0 Å². The van der Waals surface area contributed by atoms with E-state index in [1.54, 1.807) is 13.8 Å². The number of primary amides is 1. The van der Waals surface area contributed by atoms with E-state index in [4.69, 9.17) is 10.2 Å². The van der Waals surface area contributed by atoms with Crippen LogP contribution in [0.1, 0.15) is 57.7 Å². The number of benzene rings is 1. The van der Waals surface area contributed by atoms with Gasteiger partial charge in [0, 0.05) is 24.2 Å². The third-order valence-corrected chi connectivity index (χ3v) is 4.37. The number of aromatic nitrogens is 1. The standard InChI is InChI=1S/C20H19FN2O5/c1-10(2)23-9-15(18(25)20(23)27)17(24)16-6-5-13(28-16)7-11-3-4-12(21)8-14(11)19(22)26/h3-6,8-10,25,27H,7H2,1-2H3,(H2,22,26). The summed E-state index contributed by atoms with van der Waals surface area (Å²) in [7, 11) is 0. The number of carbonyl (C=O) groups is 2. The van der Waals surface area contributed by atoms with Gasteiger partial charge in [-0.3, -0.25) is 9.59 Å². The molecule has 146 valence electrons. The van der Waals surface area contributed by atoms with Crippen molar-refractivity contribution >= 4 is 11.7 Å². The van der Waals surface area contributed by atoms with Crippen LogP contribution in [0.2, 0.25) is 0 Å². The molecule has 0 radical (unpaired) electrons. The van der Waals surface area contributed by atoms with Crippen LogP contribution in [0.5, 0.6) is 11.6 Å². The predicted octanol–water partition coefficient (Wildman–Crippen LogP) is 3.13. The molecule has 2 aromatic heterocycles. The lowest BCUT2D eigenvalue weighted by molar-refractivity contribution is 0.0992. The first-order valence-electron chi connectivity index (χ1n) is 8.53. The molecule has 1 aromatic carbocycles. The Morgan fingerprint density at radius 3 is 2.50 bits per heavy atom. The molecule has 0 aliphatic heterocycles. The molecule has 0 saturated heterocycles. The number of nitrogens with zero attached hydrogens (tertiary/aromatic N) is 1. The van der Waals surface area contributed by atoms with Gasteiger partial charge in [-0.05, 0) is 43.7 Å². The normalized spacial score (nSPS) is 11.1. The molecule has 3 rings (SSSR count). The van der Waals surface area contributed by atoms with E-state index < -0.39 is 29.1 Å². The molecule has 0 saturated carbocycles. The van der Waals surface area contributed by atoms with Crippen molar-refractivity contribution in [1.29, 1.82) is 0 Å². The Hall–Kier alpha value is -3.55. The van der Waals surface area contributed by atoms with E-state index in [1.807, 2.05) is 0 Å². The second-order valence-electron chi connectivity index (χ2n) is 6.65. The Kier molecular flexibility index (Phi) is 4.96. The minimum atomic E-state index is -0.771. The van der Waals surface area contributed by atoms with Crippen molar-refractivity contribution in [3.05, 3.63) is 70.6 Å². The fourth-order valence-corrected chi connectivity index (χ4v) is 2.91. The molecule has 0 aliphatic rings. The maximum atomic E-state index is 13.4. The molecule has 0 bridgehead atoms. The van der Waals surface area contributed by atoms with Gasteiger partial charge in [-0.25, -0.2) is 4.39 Å². The van der Waals surface area contributed by atoms with Crippen molar-refractivity contribution in [2.24, 2.45) is 5.73 Å². The van der Waals surface area contributed by atoms with Crippen molar-refractivity contribution in [2.45, 2.75) is 26.3 Å². The third kappa shape index (κ3) is 3.48. The summed E-state index contributed by atoms with van der Waals surface area (Å²) in [5, 5.41) is 20.0. The number of rotatable bonds is 6. The van der Waals surface area contributed by atoms with Crippen LogP contribution in [0.3, 0.4) is 0 Å².